The van der Waals surface area contributed by atoms with Crippen LogP contribution in [-0.2, 0) is 24.3 Å². The van der Waals surface area contributed by atoms with Crippen molar-refractivity contribution in [3.05, 3.63) is 0 Å². The number of carbonyl (C=O) groups is 2. The molecule has 0 aromatic heterocycles. The van der Waals surface area contributed by atoms with Gasteiger partial charge < -0.3 is 9.64 Å². The summed E-state index contributed by atoms with van der Waals surface area (Å²) in [6.45, 7) is 8.72. The fourth-order valence-electron chi connectivity index (χ4n) is 2.30. The molecule has 0 aliphatic carbocycles. The van der Waals surface area contributed by atoms with Crippen LogP contribution in [0.1, 0.15) is 47.5 Å². The molecule has 1 fully saturated rings. The van der Waals surface area contributed by atoms with Crippen LogP contribution in [-0.4, -0.2) is 55.2 Å². The van der Waals surface area contributed by atoms with Gasteiger partial charge in [0.15, 0.2) is 0 Å². The Morgan fingerprint density at radius 3 is 2.45 bits per heavy atom. The number of hydrogen-bond donors (Lipinski definition) is 1. The Morgan fingerprint density at radius 1 is 1.36 bits per heavy atom. The average Bonchev–Trinajstić information content (AvgIpc) is 2.84. The molecule has 0 aromatic rings. The second-order valence-electron chi connectivity index (χ2n) is 6.47. The van der Waals surface area contributed by atoms with Crippen molar-refractivity contribution in [2.24, 2.45) is 0 Å². The third-order valence-electron chi connectivity index (χ3n) is 3.32. The Morgan fingerprint density at radius 2 is 1.95 bits per heavy atom. The molecule has 0 unspecified atom stereocenters. The minimum absolute atomic E-state index is 0.0971. The molecule has 1 heterocycles. The first-order valence-corrected chi connectivity index (χ1v) is 9.15. The normalized spacial score (nSPS) is 20.8. The maximum absolute atomic E-state index is 12.4. The number of nitrogens with zero attached hydrogens (tertiary/aromatic N) is 1. The van der Waals surface area contributed by atoms with Gasteiger partial charge in [0.25, 0.3) is 0 Å². The summed E-state index contributed by atoms with van der Waals surface area (Å²) < 4.78 is 30.8. The number of carbonyl (C=O) groups excluding carboxylic acids is 2. The summed E-state index contributed by atoms with van der Waals surface area (Å²) in [5.41, 5.74) is -0.621. The second kappa shape index (κ2) is 6.95. The number of amides is 1. The molecule has 0 bridgehead atoms. The molecule has 1 rings (SSSR count). The molecule has 0 radical (unpaired) electrons. The van der Waals surface area contributed by atoms with E-state index in [9.17, 15) is 18.0 Å². The first-order chi connectivity index (χ1) is 9.97. The molecule has 8 heteroatoms. The lowest BCUT2D eigenvalue weighted by Gasteiger charge is -2.29. The minimum Gasteiger partial charge on any atom is -0.458 e. The molecule has 0 saturated carbocycles. The van der Waals surface area contributed by atoms with E-state index >= 15 is 0 Å². The van der Waals surface area contributed by atoms with Crippen molar-refractivity contribution >= 4 is 21.9 Å². The smallest absolute Gasteiger partial charge is 0.329 e. The summed E-state index contributed by atoms with van der Waals surface area (Å²) in [5.74, 6) is -0.936. The number of sulfonamides is 1. The summed E-state index contributed by atoms with van der Waals surface area (Å²) in [7, 11) is -3.47. The molecule has 22 heavy (non-hydrogen) atoms. The first-order valence-electron chi connectivity index (χ1n) is 7.50. The summed E-state index contributed by atoms with van der Waals surface area (Å²) in [4.78, 5) is 26.0. The standard InChI is InChI=1S/C14H26N2O5S/c1-6-22(19,20)15-10(2)12(17)16-9-7-8-11(16)13(18)21-14(3,4)5/h10-11,15H,6-9H2,1-5H3/t10-,11-/m0/s1. The van der Waals surface area contributed by atoms with Crippen molar-refractivity contribution in [3.63, 3.8) is 0 Å². The number of hydrogen-bond acceptors (Lipinski definition) is 5. The molecule has 1 aliphatic heterocycles. The zero-order valence-corrected chi connectivity index (χ0v) is 14.7. The van der Waals surface area contributed by atoms with Crippen molar-refractivity contribution in [3.8, 4) is 0 Å². The van der Waals surface area contributed by atoms with Gasteiger partial charge in [0.1, 0.15) is 11.6 Å². The summed E-state index contributed by atoms with van der Waals surface area (Å²) in [6, 6.07) is -1.53. The predicted octanol–water partition coefficient (Wildman–Crippen LogP) is 0.647. The van der Waals surface area contributed by atoms with Crippen molar-refractivity contribution < 1.29 is 22.7 Å². The molecule has 128 valence electrons. The van der Waals surface area contributed by atoms with Gasteiger partial charge in [0, 0.05) is 6.54 Å². The van der Waals surface area contributed by atoms with Crippen LogP contribution in [0.25, 0.3) is 0 Å². The topological polar surface area (TPSA) is 92.8 Å². The largest absolute Gasteiger partial charge is 0.458 e. The zero-order chi connectivity index (χ0) is 17.1. The summed E-state index contributed by atoms with van der Waals surface area (Å²) >= 11 is 0. The van der Waals surface area contributed by atoms with E-state index in [-0.39, 0.29) is 5.75 Å². The van der Waals surface area contributed by atoms with Crippen LogP contribution < -0.4 is 4.72 Å². The number of rotatable bonds is 5. The average molecular weight is 334 g/mol. The monoisotopic (exact) mass is 334 g/mol. The first kappa shape index (κ1) is 18.9. The van der Waals surface area contributed by atoms with Gasteiger partial charge in [0.2, 0.25) is 15.9 Å². The Bertz CT molecular complexity index is 524. The molecule has 0 aromatic carbocycles. The van der Waals surface area contributed by atoms with E-state index in [2.05, 4.69) is 4.72 Å². The van der Waals surface area contributed by atoms with Gasteiger partial charge in [-0.2, -0.15) is 0 Å². The third kappa shape index (κ3) is 5.24. The van der Waals surface area contributed by atoms with E-state index in [1.165, 1.54) is 18.7 Å². The molecular weight excluding hydrogens is 308 g/mol. The number of nitrogens with one attached hydrogen (secondary N) is 1. The van der Waals surface area contributed by atoms with E-state index in [0.29, 0.717) is 19.4 Å². The highest BCUT2D eigenvalue weighted by atomic mass is 32.2. The molecule has 0 spiro atoms. The molecule has 2 atom stereocenters. The van der Waals surface area contributed by atoms with E-state index in [1.807, 2.05) is 0 Å². The Labute approximate surface area is 132 Å². The van der Waals surface area contributed by atoms with Crippen LogP contribution in [0.2, 0.25) is 0 Å². The quantitative estimate of drug-likeness (QED) is 0.745. The van der Waals surface area contributed by atoms with Crippen molar-refractivity contribution in [2.45, 2.75) is 65.1 Å². The van der Waals surface area contributed by atoms with Gasteiger partial charge in [-0.15, -0.1) is 0 Å². The molecule has 1 saturated heterocycles. The van der Waals surface area contributed by atoms with E-state index < -0.39 is 39.6 Å². The summed E-state index contributed by atoms with van der Waals surface area (Å²) in [5, 5.41) is 0. The fourth-order valence-corrected chi connectivity index (χ4v) is 3.10. The lowest BCUT2D eigenvalue weighted by atomic mass is 10.1. The van der Waals surface area contributed by atoms with Crippen LogP contribution in [0, 0.1) is 0 Å². The highest BCUT2D eigenvalue weighted by Gasteiger charge is 2.38. The number of esters is 1. The Hall–Kier alpha value is -1.15. The zero-order valence-electron chi connectivity index (χ0n) is 13.9. The van der Waals surface area contributed by atoms with E-state index in [0.717, 1.165) is 0 Å². The lowest BCUT2D eigenvalue weighted by Crippen LogP contribution is -2.51. The molecule has 1 aliphatic rings. The maximum atomic E-state index is 12.4. The molecular formula is C14H26N2O5S. The second-order valence-corrected chi connectivity index (χ2v) is 8.51. The highest BCUT2D eigenvalue weighted by Crippen LogP contribution is 2.22. The van der Waals surface area contributed by atoms with Gasteiger partial charge in [-0.3, -0.25) is 4.79 Å². The Balaban J connectivity index is 2.77. The maximum Gasteiger partial charge on any atom is 0.329 e. The number of ether oxygens (including phenoxy) is 1. The van der Waals surface area contributed by atoms with Crippen molar-refractivity contribution in [1.29, 1.82) is 0 Å². The van der Waals surface area contributed by atoms with Crippen LogP contribution in [0.15, 0.2) is 0 Å². The highest BCUT2D eigenvalue weighted by molar-refractivity contribution is 7.89. The van der Waals surface area contributed by atoms with Crippen LogP contribution in [0.3, 0.4) is 0 Å². The van der Waals surface area contributed by atoms with Crippen LogP contribution >= 0.6 is 0 Å². The van der Waals surface area contributed by atoms with Gasteiger partial charge in [-0.1, -0.05) is 0 Å². The predicted molar refractivity (Wildman–Crippen MR) is 82.6 cm³/mol. The van der Waals surface area contributed by atoms with E-state index in [4.69, 9.17) is 4.74 Å². The molecule has 7 nitrogen and oxygen atoms in total. The van der Waals surface area contributed by atoms with Gasteiger partial charge in [-0.05, 0) is 47.5 Å². The Kier molecular flexibility index (Phi) is 5.97. The SMILES string of the molecule is CCS(=O)(=O)N[C@@H](C)C(=O)N1CCC[C@H]1C(=O)OC(C)(C)C. The summed E-state index contributed by atoms with van der Waals surface area (Å²) in [6.07, 6.45) is 1.23. The third-order valence-corrected chi connectivity index (χ3v) is 4.79. The van der Waals surface area contributed by atoms with Crippen LogP contribution in [0.5, 0.6) is 0 Å². The van der Waals surface area contributed by atoms with E-state index in [1.54, 1.807) is 20.8 Å². The van der Waals surface area contributed by atoms with Crippen molar-refractivity contribution in [1.82, 2.24) is 9.62 Å². The van der Waals surface area contributed by atoms with Crippen LogP contribution in [0.4, 0.5) is 0 Å². The fraction of sp³-hybridized carbons (Fsp3) is 0.857. The van der Waals surface area contributed by atoms with Gasteiger partial charge >= 0.3 is 5.97 Å². The lowest BCUT2D eigenvalue weighted by molar-refractivity contribution is -0.163. The van der Waals surface area contributed by atoms with Crippen molar-refractivity contribution in [2.75, 3.05) is 12.3 Å². The van der Waals surface area contributed by atoms with Gasteiger partial charge in [-0.25, -0.2) is 17.9 Å². The molecule has 1 N–H and O–H groups in total. The molecule has 1 amide bonds. The van der Waals surface area contributed by atoms with Gasteiger partial charge in [0.05, 0.1) is 11.8 Å². The minimum atomic E-state index is -3.47. The number of likely N-dealkylation sites (tertiary alicyclic amines) is 1.